The van der Waals surface area contributed by atoms with Crippen molar-refractivity contribution in [2.75, 3.05) is 24.5 Å². The number of piperidine rings is 1. The van der Waals surface area contributed by atoms with Crippen molar-refractivity contribution in [2.45, 2.75) is 40.7 Å². The lowest BCUT2D eigenvalue weighted by Gasteiger charge is -2.34. The molecule has 3 nitrogen and oxygen atoms in total. The Morgan fingerprint density at radius 1 is 1.37 bits per heavy atom. The molecule has 1 aromatic heterocycles. The summed E-state index contributed by atoms with van der Waals surface area (Å²) in [5, 5.41) is 6.87. The molecule has 0 aliphatic carbocycles. The molecule has 2 heterocycles. The largest absolute Gasteiger partial charge is 0.348 e. The van der Waals surface area contributed by atoms with Crippen LogP contribution in [-0.2, 0) is 6.54 Å². The molecule has 2 unspecified atom stereocenters. The van der Waals surface area contributed by atoms with Gasteiger partial charge in [-0.25, -0.2) is 4.98 Å². The Morgan fingerprint density at radius 3 is 2.68 bits per heavy atom. The fourth-order valence-corrected chi connectivity index (χ4v) is 3.68. The van der Waals surface area contributed by atoms with E-state index < -0.39 is 0 Å². The van der Waals surface area contributed by atoms with Crippen molar-refractivity contribution < 1.29 is 0 Å². The van der Waals surface area contributed by atoms with Crippen LogP contribution in [0.3, 0.4) is 0 Å². The van der Waals surface area contributed by atoms with E-state index in [4.69, 9.17) is 4.98 Å². The van der Waals surface area contributed by atoms with Gasteiger partial charge in [0.1, 0.15) is 0 Å². The average molecular weight is 281 g/mol. The van der Waals surface area contributed by atoms with E-state index in [2.05, 4.69) is 43.3 Å². The molecule has 0 saturated carbocycles. The Bertz CT molecular complexity index is 378. The van der Waals surface area contributed by atoms with Crippen molar-refractivity contribution in [1.29, 1.82) is 0 Å². The third-order valence-electron chi connectivity index (χ3n) is 3.54. The molecule has 0 spiro atoms. The molecule has 0 bridgehead atoms. The standard InChI is InChI=1S/C15H27N3S/c1-11(2)6-16-7-14-10-19-15(17-14)18-8-12(3)5-13(4)9-18/h10-13,16H,5-9H2,1-4H3. The minimum atomic E-state index is 0.696. The minimum absolute atomic E-state index is 0.696. The zero-order valence-corrected chi connectivity index (χ0v) is 13.5. The van der Waals surface area contributed by atoms with E-state index in [0.29, 0.717) is 5.92 Å². The van der Waals surface area contributed by atoms with E-state index in [0.717, 1.165) is 38.0 Å². The predicted molar refractivity (Wildman–Crippen MR) is 83.8 cm³/mol. The maximum atomic E-state index is 4.78. The van der Waals surface area contributed by atoms with Crippen molar-refractivity contribution in [3.8, 4) is 0 Å². The second kappa shape index (κ2) is 6.71. The molecule has 4 heteroatoms. The first kappa shape index (κ1) is 14.8. The fourth-order valence-electron chi connectivity index (χ4n) is 2.83. The summed E-state index contributed by atoms with van der Waals surface area (Å²) in [5.74, 6) is 2.27. The molecule has 1 aliphatic rings. The molecule has 1 aromatic rings. The maximum absolute atomic E-state index is 4.78. The Hall–Kier alpha value is -0.610. The van der Waals surface area contributed by atoms with Gasteiger partial charge in [-0.05, 0) is 30.7 Å². The van der Waals surface area contributed by atoms with Gasteiger partial charge in [-0.2, -0.15) is 0 Å². The van der Waals surface area contributed by atoms with Gasteiger partial charge in [0.2, 0.25) is 0 Å². The Balaban J connectivity index is 1.89. The highest BCUT2D eigenvalue weighted by molar-refractivity contribution is 7.13. The van der Waals surface area contributed by atoms with Crippen LogP contribution >= 0.6 is 11.3 Å². The van der Waals surface area contributed by atoms with Crippen LogP contribution in [0.5, 0.6) is 0 Å². The molecule has 1 saturated heterocycles. The van der Waals surface area contributed by atoms with Gasteiger partial charge < -0.3 is 10.2 Å². The van der Waals surface area contributed by atoms with Gasteiger partial charge in [0, 0.05) is 25.0 Å². The normalized spacial score (nSPS) is 24.2. The van der Waals surface area contributed by atoms with Gasteiger partial charge in [-0.15, -0.1) is 11.3 Å². The summed E-state index contributed by atoms with van der Waals surface area (Å²) in [7, 11) is 0. The van der Waals surface area contributed by atoms with Crippen LogP contribution < -0.4 is 10.2 Å². The van der Waals surface area contributed by atoms with E-state index >= 15 is 0 Å². The Morgan fingerprint density at radius 2 is 2.05 bits per heavy atom. The SMILES string of the molecule is CC(C)CNCc1csc(N2CC(C)CC(C)C2)n1. The molecule has 19 heavy (non-hydrogen) atoms. The van der Waals surface area contributed by atoms with E-state index in [-0.39, 0.29) is 0 Å². The molecule has 0 aromatic carbocycles. The van der Waals surface area contributed by atoms with E-state index in [9.17, 15) is 0 Å². The minimum Gasteiger partial charge on any atom is -0.348 e. The summed E-state index contributed by atoms with van der Waals surface area (Å²) in [6.07, 6.45) is 1.35. The molecule has 2 rings (SSSR count). The highest BCUT2D eigenvalue weighted by Crippen LogP contribution is 2.28. The zero-order chi connectivity index (χ0) is 13.8. The molecule has 2 atom stereocenters. The number of nitrogens with zero attached hydrogens (tertiary/aromatic N) is 2. The van der Waals surface area contributed by atoms with Crippen molar-refractivity contribution in [2.24, 2.45) is 17.8 Å². The molecule has 1 aliphatic heterocycles. The van der Waals surface area contributed by atoms with Crippen LogP contribution in [0.2, 0.25) is 0 Å². The van der Waals surface area contributed by atoms with Gasteiger partial charge in [0.25, 0.3) is 0 Å². The number of aromatic nitrogens is 1. The number of hydrogen-bond acceptors (Lipinski definition) is 4. The summed E-state index contributed by atoms with van der Waals surface area (Å²) < 4.78 is 0. The first-order chi connectivity index (χ1) is 9.04. The van der Waals surface area contributed by atoms with Gasteiger partial charge in [-0.3, -0.25) is 0 Å². The van der Waals surface area contributed by atoms with Crippen LogP contribution in [0.1, 0.15) is 39.8 Å². The maximum Gasteiger partial charge on any atom is 0.185 e. The Labute approximate surface area is 121 Å². The molecule has 0 radical (unpaired) electrons. The number of thiazole rings is 1. The van der Waals surface area contributed by atoms with Crippen molar-refractivity contribution in [3.05, 3.63) is 11.1 Å². The van der Waals surface area contributed by atoms with Crippen LogP contribution in [0.4, 0.5) is 5.13 Å². The lowest BCUT2D eigenvalue weighted by molar-refractivity contribution is 0.356. The van der Waals surface area contributed by atoms with Crippen molar-refractivity contribution >= 4 is 16.5 Å². The highest BCUT2D eigenvalue weighted by Gasteiger charge is 2.23. The number of rotatable bonds is 5. The van der Waals surface area contributed by atoms with Gasteiger partial charge in [0.15, 0.2) is 5.13 Å². The van der Waals surface area contributed by atoms with Crippen molar-refractivity contribution in [1.82, 2.24) is 10.3 Å². The quantitative estimate of drug-likeness (QED) is 0.897. The number of nitrogens with one attached hydrogen (secondary N) is 1. The van der Waals surface area contributed by atoms with Crippen molar-refractivity contribution in [3.63, 3.8) is 0 Å². The monoisotopic (exact) mass is 281 g/mol. The molecular formula is C15H27N3S. The van der Waals surface area contributed by atoms with Gasteiger partial charge in [-0.1, -0.05) is 27.7 Å². The average Bonchev–Trinajstić information content (AvgIpc) is 2.76. The summed E-state index contributed by atoms with van der Waals surface area (Å²) >= 11 is 1.79. The second-order valence-electron chi connectivity index (χ2n) is 6.50. The summed E-state index contributed by atoms with van der Waals surface area (Å²) in [6.45, 7) is 13.4. The van der Waals surface area contributed by atoms with Crippen LogP contribution in [-0.4, -0.2) is 24.6 Å². The first-order valence-electron chi connectivity index (χ1n) is 7.44. The third-order valence-corrected chi connectivity index (χ3v) is 4.49. The number of hydrogen-bond donors (Lipinski definition) is 1. The van der Waals surface area contributed by atoms with E-state index in [1.165, 1.54) is 17.2 Å². The Kier molecular flexibility index (Phi) is 5.22. The highest BCUT2D eigenvalue weighted by atomic mass is 32.1. The summed E-state index contributed by atoms with van der Waals surface area (Å²) in [6, 6.07) is 0. The topological polar surface area (TPSA) is 28.2 Å². The molecule has 1 fully saturated rings. The zero-order valence-electron chi connectivity index (χ0n) is 12.6. The smallest absolute Gasteiger partial charge is 0.185 e. The van der Waals surface area contributed by atoms with Crippen LogP contribution in [0.25, 0.3) is 0 Å². The third kappa shape index (κ3) is 4.46. The number of anilines is 1. The lowest BCUT2D eigenvalue weighted by atomic mass is 9.92. The van der Waals surface area contributed by atoms with Crippen LogP contribution in [0, 0.1) is 17.8 Å². The summed E-state index contributed by atoms with van der Waals surface area (Å²) in [4.78, 5) is 7.25. The molecule has 108 valence electrons. The van der Waals surface area contributed by atoms with Crippen LogP contribution in [0.15, 0.2) is 5.38 Å². The summed E-state index contributed by atoms with van der Waals surface area (Å²) in [5.41, 5.74) is 1.19. The molecular weight excluding hydrogens is 254 g/mol. The van der Waals surface area contributed by atoms with E-state index in [1.807, 2.05) is 0 Å². The van der Waals surface area contributed by atoms with Gasteiger partial charge in [0.05, 0.1) is 5.69 Å². The first-order valence-corrected chi connectivity index (χ1v) is 8.32. The second-order valence-corrected chi connectivity index (χ2v) is 7.33. The molecule has 0 amide bonds. The lowest BCUT2D eigenvalue weighted by Crippen LogP contribution is -2.38. The van der Waals surface area contributed by atoms with Gasteiger partial charge >= 0.3 is 0 Å². The predicted octanol–water partition coefficient (Wildman–Crippen LogP) is 3.37. The fraction of sp³-hybridized carbons (Fsp3) is 0.800. The molecule has 1 N–H and O–H groups in total. The van der Waals surface area contributed by atoms with E-state index in [1.54, 1.807) is 11.3 Å².